The summed E-state index contributed by atoms with van der Waals surface area (Å²) in [6.45, 7) is 8.62. The van der Waals surface area contributed by atoms with E-state index < -0.39 is 0 Å². The normalized spacial score (nSPS) is 15.7. The van der Waals surface area contributed by atoms with Gasteiger partial charge in [0, 0.05) is 50.3 Å². The van der Waals surface area contributed by atoms with Crippen LogP contribution in [0.15, 0.2) is 34.9 Å². The van der Waals surface area contributed by atoms with Gasteiger partial charge in [0.15, 0.2) is 0 Å². The van der Waals surface area contributed by atoms with E-state index >= 15 is 0 Å². The van der Waals surface area contributed by atoms with Crippen molar-refractivity contribution in [1.82, 2.24) is 29.9 Å². The molecule has 2 aliphatic rings. The Kier molecular flexibility index (Phi) is 6.06. The number of aromatic nitrogens is 4. The minimum Gasteiger partial charge on any atom is -0.361 e. The largest absolute Gasteiger partial charge is 0.361 e. The molecule has 2 amide bonds. The molecule has 0 aliphatic carbocycles. The first-order chi connectivity index (χ1) is 16.9. The zero-order chi connectivity index (χ0) is 24.5. The Morgan fingerprint density at radius 3 is 2.51 bits per heavy atom. The molecule has 11 nitrogen and oxygen atoms in total. The smallest absolute Gasteiger partial charge is 0.273 e. The molecule has 5 rings (SSSR count). The van der Waals surface area contributed by atoms with Gasteiger partial charge in [0.25, 0.3) is 5.91 Å². The highest BCUT2D eigenvalue weighted by molar-refractivity contribution is 5.98. The van der Waals surface area contributed by atoms with Gasteiger partial charge in [-0.2, -0.15) is 9.97 Å². The van der Waals surface area contributed by atoms with E-state index in [1.54, 1.807) is 16.7 Å². The second-order valence-corrected chi connectivity index (χ2v) is 8.95. The minimum atomic E-state index is -0.103. The molecule has 1 N–H and O–H groups in total. The molecule has 0 bridgehead atoms. The van der Waals surface area contributed by atoms with Crippen LogP contribution in [0.25, 0.3) is 11.4 Å². The van der Waals surface area contributed by atoms with Crippen molar-refractivity contribution in [2.75, 3.05) is 36.4 Å². The van der Waals surface area contributed by atoms with E-state index in [9.17, 15) is 9.59 Å². The van der Waals surface area contributed by atoms with Crippen LogP contribution in [0.5, 0.6) is 0 Å². The van der Waals surface area contributed by atoms with Crippen molar-refractivity contribution in [3.05, 3.63) is 47.5 Å². The monoisotopic (exact) mass is 476 g/mol. The van der Waals surface area contributed by atoms with Gasteiger partial charge in [-0.25, -0.2) is 4.98 Å². The van der Waals surface area contributed by atoms with Gasteiger partial charge in [0.05, 0.1) is 13.1 Å². The maximum Gasteiger partial charge on any atom is 0.273 e. The molecule has 0 unspecified atom stereocenters. The van der Waals surface area contributed by atoms with Crippen LogP contribution in [0, 0.1) is 0 Å². The van der Waals surface area contributed by atoms with Crippen LogP contribution in [0.3, 0.4) is 0 Å². The Hall–Kier alpha value is -4.02. The van der Waals surface area contributed by atoms with Crippen molar-refractivity contribution in [3.8, 4) is 11.4 Å². The predicted octanol–water partition coefficient (Wildman–Crippen LogP) is 2.17. The highest BCUT2D eigenvalue weighted by atomic mass is 16.5. The fraction of sp³-hybridized carbons (Fsp3) is 0.417. The second kappa shape index (κ2) is 9.32. The van der Waals surface area contributed by atoms with Gasteiger partial charge >= 0.3 is 0 Å². The molecule has 0 radical (unpaired) electrons. The Morgan fingerprint density at radius 2 is 1.83 bits per heavy atom. The lowest BCUT2D eigenvalue weighted by molar-refractivity contribution is -0.129. The molecular weight excluding hydrogens is 448 g/mol. The molecule has 0 saturated carbocycles. The summed E-state index contributed by atoms with van der Waals surface area (Å²) in [6.07, 6.45) is 0. The first-order valence-electron chi connectivity index (χ1n) is 11.7. The quantitative estimate of drug-likeness (QED) is 0.570. The zero-order valence-electron chi connectivity index (χ0n) is 20.1. The van der Waals surface area contributed by atoms with Crippen molar-refractivity contribution in [2.24, 2.45) is 0 Å². The number of nitrogens with one attached hydrogen (secondary N) is 1. The highest BCUT2D eigenvalue weighted by Crippen LogP contribution is 2.31. The molecule has 35 heavy (non-hydrogen) atoms. The third-order valence-electron chi connectivity index (χ3n) is 6.33. The summed E-state index contributed by atoms with van der Waals surface area (Å²) < 4.78 is 5.43. The topological polar surface area (TPSA) is 121 Å². The number of nitrogens with zero attached hydrogens (tertiary/aromatic N) is 7. The van der Waals surface area contributed by atoms with E-state index in [0.717, 1.165) is 11.1 Å². The molecule has 1 fully saturated rings. The molecule has 1 aromatic carbocycles. The van der Waals surface area contributed by atoms with Crippen molar-refractivity contribution in [2.45, 2.75) is 39.9 Å². The number of fused-ring (bicyclic) bond motifs is 1. The van der Waals surface area contributed by atoms with Crippen molar-refractivity contribution in [3.63, 3.8) is 0 Å². The first kappa shape index (κ1) is 22.8. The van der Waals surface area contributed by atoms with Gasteiger partial charge in [-0.05, 0) is 13.8 Å². The number of carbonyl (C=O) groups is 2. The van der Waals surface area contributed by atoms with E-state index in [0.29, 0.717) is 61.9 Å². The molecule has 3 aromatic rings. The summed E-state index contributed by atoms with van der Waals surface area (Å²) in [5, 5.41) is 7.36. The Bertz CT molecular complexity index is 1230. The van der Waals surface area contributed by atoms with Gasteiger partial charge in [-0.3, -0.25) is 9.59 Å². The Balaban J connectivity index is 1.40. The molecule has 0 spiro atoms. The lowest BCUT2D eigenvalue weighted by atomic mass is 10.2. The highest BCUT2D eigenvalue weighted by Gasteiger charge is 2.35. The molecule has 2 aliphatic heterocycles. The summed E-state index contributed by atoms with van der Waals surface area (Å²) in [7, 11) is 0. The average Bonchev–Trinajstić information content (AvgIpc) is 3.48. The van der Waals surface area contributed by atoms with Crippen LogP contribution in [0.1, 0.15) is 42.7 Å². The number of benzene rings is 1. The van der Waals surface area contributed by atoms with Gasteiger partial charge in [-0.1, -0.05) is 35.5 Å². The third-order valence-corrected chi connectivity index (χ3v) is 6.33. The maximum atomic E-state index is 13.1. The number of hydrogen-bond acceptors (Lipinski definition) is 9. The van der Waals surface area contributed by atoms with Crippen molar-refractivity contribution >= 4 is 23.6 Å². The Morgan fingerprint density at radius 1 is 1.09 bits per heavy atom. The molecule has 2 aromatic heterocycles. The molecule has 0 atom stereocenters. The SMILES string of the molecule is CC(=O)N1CCN(c2nc(NCc3nc(-c4ccccc4)no3)c3c(n2)C(=O)N(C(C)C)C3)CC1. The molecular formula is C24H28N8O3. The number of piperazine rings is 1. The zero-order valence-corrected chi connectivity index (χ0v) is 20.1. The molecule has 1 saturated heterocycles. The fourth-order valence-electron chi connectivity index (χ4n) is 4.29. The fourth-order valence-corrected chi connectivity index (χ4v) is 4.29. The summed E-state index contributed by atoms with van der Waals surface area (Å²) in [6, 6.07) is 9.65. The number of amides is 2. The molecule has 11 heteroatoms. The summed E-state index contributed by atoms with van der Waals surface area (Å²) in [5.41, 5.74) is 2.05. The van der Waals surface area contributed by atoms with Crippen LogP contribution in [0.4, 0.5) is 11.8 Å². The van der Waals surface area contributed by atoms with Crippen LogP contribution in [-0.2, 0) is 17.9 Å². The number of hydrogen-bond donors (Lipinski definition) is 1. The third kappa shape index (κ3) is 4.53. The van der Waals surface area contributed by atoms with E-state index in [2.05, 4.69) is 20.4 Å². The lowest BCUT2D eigenvalue weighted by Gasteiger charge is -2.34. The van der Waals surface area contributed by atoms with Crippen LogP contribution in [-0.4, -0.2) is 73.9 Å². The van der Waals surface area contributed by atoms with Gasteiger partial charge in [0.1, 0.15) is 11.5 Å². The van der Waals surface area contributed by atoms with E-state index in [-0.39, 0.29) is 24.4 Å². The Labute approximate surface area is 203 Å². The van der Waals surface area contributed by atoms with E-state index in [4.69, 9.17) is 9.51 Å². The van der Waals surface area contributed by atoms with Gasteiger partial charge in [0.2, 0.25) is 23.6 Å². The van der Waals surface area contributed by atoms with Crippen LogP contribution >= 0.6 is 0 Å². The summed E-state index contributed by atoms with van der Waals surface area (Å²) in [5.74, 6) is 1.93. The van der Waals surface area contributed by atoms with Gasteiger partial charge < -0.3 is 24.5 Å². The summed E-state index contributed by atoms with van der Waals surface area (Å²) >= 11 is 0. The predicted molar refractivity (Wildman–Crippen MR) is 129 cm³/mol. The maximum absolute atomic E-state index is 13.1. The summed E-state index contributed by atoms with van der Waals surface area (Å²) in [4.78, 5) is 44.3. The average molecular weight is 477 g/mol. The number of anilines is 2. The lowest BCUT2D eigenvalue weighted by Crippen LogP contribution is -2.48. The minimum absolute atomic E-state index is 0.0384. The second-order valence-electron chi connectivity index (χ2n) is 8.95. The number of rotatable bonds is 6. The first-order valence-corrected chi connectivity index (χ1v) is 11.7. The van der Waals surface area contributed by atoms with E-state index in [1.807, 2.05) is 49.1 Å². The standard InChI is InChI=1S/C24H28N8O3/c1-15(2)32-14-18-20(23(32)34)27-24(31-11-9-30(10-12-31)16(3)33)28-22(18)25-13-19-26-21(29-35-19)17-7-5-4-6-8-17/h4-8,15H,9-14H2,1-3H3,(H,25,27,28). The molecule has 182 valence electrons. The molecule has 4 heterocycles. The van der Waals surface area contributed by atoms with Crippen LogP contribution < -0.4 is 10.2 Å². The van der Waals surface area contributed by atoms with Gasteiger partial charge in [-0.15, -0.1) is 0 Å². The van der Waals surface area contributed by atoms with Crippen LogP contribution in [0.2, 0.25) is 0 Å². The van der Waals surface area contributed by atoms with Crippen molar-refractivity contribution in [1.29, 1.82) is 0 Å². The number of carbonyl (C=O) groups excluding carboxylic acids is 2. The van der Waals surface area contributed by atoms with Crippen molar-refractivity contribution < 1.29 is 14.1 Å². The van der Waals surface area contributed by atoms with E-state index in [1.165, 1.54) is 0 Å².